The molecule has 1 saturated heterocycles. The summed E-state index contributed by atoms with van der Waals surface area (Å²) in [6.45, 7) is 6.45. The largest absolute Gasteiger partial charge is 0.336 e. The number of carbonyl (C=O) groups excluding carboxylic acids is 1. The lowest BCUT2D eigenvalue weighted by atomic mass is 10.0. The van der Waals surface area contributed by atoms with Crippen LogP contribution in [0.15, 0.2) is 47.4 Å². The monoisotopic (exact) mass is 421 g/mol. The highest BCUT2D eigenvalue weighted by atomic mass is 35.5. The SMILES string of the molecule is Cc1ccc(S(N)(=O)=O)cc1C(=O)N1CCN(C(C)c2ccccc2Cl)CC1. The summed E-state index contributed by atoms with van der Waals surface area (Å²) in [5.74, 6) is -0.173. The van der Waals surface area contributed by atoms with Gasteiger partial charge in [-0.15, -0.1) is 0 Å². The highest BCUT2D eigenvalue weighted by molar-refractivity contribution is 7.89. The number of hydrogen-bond acceptors (Lipinski definition) is 4. The van der Waals surface area contributed by atoms with E-state index < -0.39 is 10.0 Å². The van der Waals surface area contributed by atoms with Crippen molar-refractivity contribution < 1.29 is 13.2 Å². The number of primary sulfonamides is 1. The number of nitrogens with two attached hydrogens (primary N) is 1. The maximum absolute atomic E-state index is 13.0. The molecule has 1 atom stereocenters. The van der Waals surface area contributed by atoms with Crippen molar-refractivity contribution in [2.24, 2.45) is 5.14 Å². The van der Waals surface area contributed by atoms with Gasteiger partial charge in [-0.05, 0) is 43.2 Å². The molecule has 28 heavy (non-hydrogen) atoms. The van der Waals surface area contributed by atoms with Crippen molar-refractivity contribution in [1.29, 1.82) is 0 Å². The molecule has 0 radical (unpaired) electrons. The topological polar surface area (TPSA) is 83.7 Å². The predicted molar refractivity (Wildman–Crippen MR) is 110 cm³/mol. The van der Waals surface area contributed by atoms with Crippen molar-refractivity contribution in [3.8, 4) is 0 Å². The predicted octanol–water partition coefficient (Wildman–Crippen LogP) is 2.81. The molecular weight excluding hydrogens is 398 g/mol. The number of sulfonamides is 1. The molecule has 6 nitrogen and oxygen atoms in total. The second-order valence-corrected chi connectivity index (χ2v) is 9.02. The number of carbonyl (C=O) groups is 1. The van der Waals surface area contributed by atoms with Crippen molar-refractivity contribution in [3.05, 3.63) is 64.2 Å². The molecule has 3 rings (SSSR count). The molecular formula is C20H24ClN3O3S. The van der Waals surface area contributed by atoms with Gasteiger partial charge in [0.25, 0.3) is 5.91 Å². The molecule has 2 N–H and O–H groups in total. The minimum absolute atomic E-state index is 0.0487. The van der Waals surface area contributed by atoms with E-state index in [0.29, 0.717) is 31.7 Å². The third-order valence-corrected chi connectivity index (χ3v) is 6.53. The van der Waals surface area contributed by atoms with Crippen LogP contribution in [0.1, 0.15) is 34.5 Å². The Hall–Kier alpha value is -1.93. The van der Waals surface area contributed by atoms with Gasteiger partial charge in [0, 0.05) is 42.8 Å². The lowest BCUT2D eigenvalue weighted by Gasteiger charge is -2.38. The zero-order chi connectivity index (χ0) is 20.5. The number of nitrogens with zero attached hydrogens (tertiary/aromatic N) is 2. The fraction of sp³-hybridized carbons (Fsp3) is 0.350. The molecule has 1 unspecified atom stereocenters. The number of amides is 1. The lowest BCUT2D eigenvalue weighted by Crippen LogP contribution is -2.49. The molecule has 1 aliphatic heterocycles. The van der Waals surface area contributed by atoms with Crippen LogP contribution in [0.5, 0.6) is 0 Å². The molecule has 2 aromatic carbocycles. The molecule has 1 aliphatic rings. The Morgan fingerprint density at radius 3 is 2.36 bits per heavy atom. The zero-order valence-electron chi connectivity index (χ0n) is 15.9. The van der Waals surface area contributed by atoms with Crippen LogP contribution < -0.4 is 5.14 Å². The Bertz CT molecular complexity index is 986. The molecule has 0 aliphatic carbocycles. The van der Waals surface area contributed by atoms with Crippen LogP contribution in [0.25, 0.3) is 0 Å². The maximum Gasteiger partial charge on any atom is 0.254 e. The van der Waals surface area contributed by atoms with Crippen LogP contribution in [0, 0.1) is 6.92 Å². The van der Waals surface area contributed by atoms with Gasteiger partial charge in [0.15, 0.2) is 0 Å². The van der Waals surface area contributed by atoms with Gasteiger partial charge in [-0.2, -0.15) is 0 Å². The molecule has 1 heterocycles. The van der Waals surface area contributed by atoms with E-state index in [9.17, 15) is 13.2 Å². The Labute approximate surface area is 170 Å². The van der Waals surface area contributed by atoms with Crippen LogP contribution in [-0.4, -0.2) is 50.3 Å². The minimum atomic E-state index is -3.85. The van der Waals surface area contributed by atoms with E-state index in [-0.39, 0.29) is 16.8 Å². The first-order valence-electron chi connectivity index (χ1n) is 9.09. The van der Waals surface area contributed by atoms with Crippen molar-refractivity contribution in [3.63, 3.8) is 0 Å². The number of rotatable bonds is 4. The molecule has 0 spiro atoms. The van der Waals surface area contributed by atoms with Crippen molar-refractivity contribution in [2.75, 3.05) is 26.2 Å². The van der Waals surface area contributed by atoms with Gasteiger partial charge < -0.3 is 4.90 Å². The van der Waals surface area contributed by atoms with Gasteiger partial charge in [-0.25, -0.2) is 13.6 Å². The van der Waals surface area contributed by atoms with Crippen LogP contribution >= 0.6 is 11.6 Å². The van der Waals surface area contributed by atoms with Gasteiger partial charge >= 0.3 is 0 Å². The molecule has 8 heteroatoms. The smallest absolute Gasteiger partial charge is 0.254 e. The third kappa shape index (κ3) is 4.38. The summed E-state index contributed by atoms with van der Waals surface area (Å²) in [5.41, 5.74) is 2.17. The average molecular weight is 422 g/mol. The van der Waals surface area contributed by atoms with Gasteiger partial charge in [0.2, 0.25) is 10.0 Å². The van der Waals surface area contributed by atoms with Crippen molar-refractivity contribution >= 4 is 27.5 Å². The van der Waals surface area contributed by atoms with E-state index in [1.165, 1.54) is 12.1 Å². The van der Waals surface area contributed by atoms with Crippen LogP contribution in [-0.2, 0) is 10.0 Å². The van der Waals surface area contributed by atoms with Gasteiger partial charge in [0.1, 0.15) is 0 Å². The first-order valence-corrected chi connectivity index (χ1v) is 11.0. The Morgan fingerprint density at radius 2 is 1.75 bits per heavy atom. The Balaban J connectivity index is 1.72. The van der Waals surface area contributed by atoms with Gasteiger partial charge in [0.05, 0.1) is 4.90 Å². The highest BCUT2D eigenvalue weighted by Crippen LogP contribution is 2.28. The summed E-state index contributed by atoms with van der Waals surface area (Å²) >= 11 is 6.32. The van der Waals surface area contributed by atoms with Crippen LogP contribution in [0.4, 0.5) is 0 Å². The Morgan fingerprint density at radius 1 is 1.11 bits per heavy atom. The molecule has 1 fully saturated rings. The first kappa shape index (κ1) is 20.8. The molecule has 0 aromatic heterocycles. The van der Waals surface area contributed by atoms with E-state index in [1.807, 2.05) is 24.3 Å². The molecule has 0 bridgehead atoms. The van der Waals surface area contributed by atoms with Gasteiger partial charge in [-0.3, -0.25) is 9.69 Å². The molecule has 150 valence electrons. The van der Waals surface area contributed by atoms with Crippen molar-refractivity contribution in [2.45, 2.75) is 24.8 Å². The quantitative estimate of drug-likeness (QED) is 0.822. The maximum atomic E-state index is 13.0. The van der Waals surface area contributed by atoms with Crippen LogP contribution in [0.2, 0.25) is 5.02 Å². The van der Waals surface area contributed by atoms with Crippen molar-refractivity contribution in [1.82, 2.24) is 9.80 Å². The second-order valence-electron chi connectivity index (χ2n) is 7.05. The summed E-state index contributed by atoms with van der Waals surface area (Å²) in [4.78, 5) is 16.9. The normalized spacial score (nSPS) is 16.8. The second kappa shape index (κ2) is 8.21. The van der Waals surface area contributed by atoms with E-state index in [0.717, 1.165) is 16.1 Å². The number of aryl methyl sites for hydroxylation is 1. The summed E-state index contributed by atoms with van der Waals surface area (Å²) in [7, 11) is -3.85. The third-order valence-electron chi connectivity index (χ3n) is 5.27. The summed E-state index contributed by atoms with van der Waals surface area (Å²) < 4.78 is 23.2. The summed E-state index contributed by atoms with van der Waals surface area (Å²) in [6, 6.07) is 12.3. The fourth-order valence-electron chi connectivity index (χ4n) is 3.50. The average Bonchev–Trinajstić information content (AvgIpc) is 2.67. The first-order chi connectivity index (χ1) is 13.2. The highest BCUT2D eigenvalue weighted by Gasteiger charge is 2.27. The Kier molecular flexibility index (Phi) is 6.09. The minimum Gasteiger partial charge on any atom is -0.336 e. The van der Waals surface area contributed by atoms with E-state index >= 15 is 0 Å². The number of benzene rings is 2. The van der Waals surface area contributed by atoms with Crippen LogP contribution in [0.3, 0.4) is 0 Å². The van der Waals surface area contributed by atoms with E-state index in [2.05, 4.69) is 11.8 Å². The molecule has 0 saturated carbocycles. The van der Waals surface area contributed by atoms with Gasteiger partial charge in [-0.1, -0.05) is 35.9 Å². The number of hydrogen-bond donors (Lipinski definition) is 1. The lowest BCUT2D eigenvalue weighted by molar-refractivity contribution is 0.0581. The standard InChI is InChI=1S/C20H24ClN3O3S/c1-14-7-8-16(28(22,26)27)13-18(14)20(25)24-11-9-23(10-12-24)15(2)17-5-3-4-6-19(17)21/h3-8,13,15H,9-12H2,1-2H3,(H2,22,26,27). The molecule has 1 amide bonds. The van der Waals surface area contributed by atoms with E-state index in [1.54, 1.807) is 17.9 Å². The van der Waals surface area contributed by atoms with E-state index in [4.69, 9.17) is 16.7 Å². The summed E-state index contributed by atoms with van der Waals surface area (Å²) in [6.07, 6.45) is 0. The summed E-state index contributed by atoms with van der Waals surface area (Å²) in [5, 5.41) is 5.94. The molecule has 2 aromatic rings. The number of halogens is 1. The number of piperazine rings is 1. The fourth-order valence-corrected chi connectivity index (χ4v) is 4.34. The zero-order valence-corrected chi connectivity index (χ0v) is 17.5.